The van der Waals surface area contributed by atoms with Crippen LogP contribution < -0.4 is 5.32 Å². The van der Waals surface area contributed by atoms with Gasteiger partial charge in [-0.1, -0.05) is 5.92 Å². The third-order valence-electron chi connectivity index (χ3n) is 1.75. The van der Waals surface area contributed by atoms with E-state index in [2.05, 4.69) is 11.2 Å². The SMILES string of the molecule is C#CCNc1cc(S(C)(=O)=O)ccc1F. The van der Waals surface area contributed by atoms with Crippen molar-refractivity contribution in [2.24, 2.45) is 0 Å². The van der Waals surface area contributed by atoms with E-state index < -0.39 is 15.7 Å². The highest BCUT2D eigenvalue weighted by atomic mass is 32.2. The molecule has 0 aliphatic heterocycles. The van der Waals surface area contributed by atoms with E-state index in [1.165, 1.54) is 12.1 Å². The lowest BCUT2D eigenvalue weighted by atomic mass is 10.3. The number of terminal acetylenes is 1. The van der Waals surface area contributed by atoms with Crippen LogP contribution in [0.4, 0.5) is 10.1 Å². The van der Waals surface area contributed by atoms with Gasteiger partial charge in [0.05, 0.1) is 17.1 Å². The molecule has 0 aliphatic carbocycles. The molecule has 0 amide bonds. The fraction of sp³-hybridized carbons (Fsp3) is 0.200. The molecule has 0 heterocycles. The lowest BCUT2D eigenvalue weighted by Crippen LogP contribution is -2.04. The van der Waals surface area contributed by atoms with Gasteiger partial charge in [0.25, 0.3) is 0 Å². The number of anilines is 1. The fourth-order valence-electron chi connectivity index (χ4n) is 1.02. The van der Waals surface area contributed by atoms with Crippen molar-refractivity contribution < 1.29 is 12.8 Å². The molecule has 3 nitrogen and oxygen atoms in total. The van der Waals surface area contributed by atoms with E-state index in [-0.39, 0.29) is 17.1 Å². The largest absolute Gasteiger partial charge is 0.372 e. The van der Waals surface area contributed by atoms with Gasteiger partial charge in [-0.25, -0.2) is 12.8 Å². The predicted molar refractivity (Wildman–Crippen MR) is 56.8 cm³/mol. The second-order valence-electron chi connectivity index (χ2n) is 2.97. The second-order valence-corrected chi connectivity index (χ2v) is 4.99. The smallest absolute Gasteiger partial charge is 0.175 e. The van der Waals surface area contributed by atoms with Gasteiger partial charge in [-0.15, -0.1) is 6.42 Å². The summed E-state index contributed by atoms with van der Waals surface area (Å²) in [5, 5.41) is 2.60. The minimum Gasteiger partial charge on any atom is -0.372 e. The number of sulfone groups is 1. The maximum absolute atomic E-state index is 13.2. The van der Waals surface area contributed by atoms with Gasteiger partial charge >= 0.3 is 0 Å². The molecule has 0 saturated carbocycles. The third-order valence-corrected chi connectivity index (χ3v) is 2.86. The molecule has 1 aromatic carbocycles. The summed E-state index contributed by atoms with van der Waals surface area (Å²) in [4.78, 5) is 0.0587. The topological polar surface area (TPSA) is 46.2 Å². The Morgan fingerprint density at radius 3 is 2.73 bits per heavy atom. The van der Waals surface area contributed by atoms with Crippen LogP contribution in [-0.2, 0) is 9.84 Å². The zero-order valence-electron chi connectivity index (χ0n) is 8.12. The molecule has 1 aromatic rings. The van der Waals surface area contributed by atoms with E-state index in [4.69, 9.17) is 6.42 Å². The Kier molecular flexibility index (Phi) is 3.32. The van der Waals surface area contributed by atoms with Crippen LogP contribution in [0.25, 0.3) is 0 Å². The first-order valence-corrected chi connectivity index (χ1v) is 6.01. The summed E-state index contributed by atoms with van der Waals surface area (Å²) in [5.41, 5.74) is 0.0934. The van der Waals surface area contributed by atoms with Crippen molar-refractivity contribution in [1.29, 1.82) is 0 Å². The van der Waals surface area contributed by atoms with Gasteiger partial charge in [0.15, 0.2) is 9.84 Å². The number of rotatable bonds is 3. The summed E-state index contributed by atoms with van der Waals surface area (Å²) in [5.74, 6) is 1.74. The molecule has 1 rings (SSSR count). The van der Waals surface area contributed by atoms with Crippen LogP contribution in [-0.4, -0.2) is 21.2 Å². The Hall–Kier alpha value is -1.54. The number of nitrogens with one attached hydrogen (secondary N) is 1. The van der Waals surface area contributed by atoms with Gasteiger partial charge < -0.3 is 5.32 Å². The van der Waals surface area contributed by atoms with Gasteiger partial charge in [-0.05, 0) is 18.2 Å². The molecular formula is C10H10FNO2S. The van der Waals surface area contributed by atoms with Gasteiger partial charge in [0.2, 0.25) is 0 Å². The molecule has 0 bridgehead atoms. The first-order valence-electron chi connectivity index (χ1n) is 4.12. The summed E-state index contributed by atoms with van der Waals surface area (Å²) in [6.45, 7) is 0.143. The van der Waals surface area contributed by atoms with Crippen molar-refractivity contribution >= 4 is 15.5 Å². The average Bonchev–Trinajstić information content (AvgIpc) is 2.15. The maximum atomic E-state index is 13.2. The minimum absolute atomic E-state index is 0.0587. The van der Waals surface area contributed by atoms with Crippen LogP contribution in [0.2, 0.25) is 0 Å². The minimum atomic E-state index is -3.33. The molecular weight excluding hydrogens is 217 g/mol. The summed E-state index contributed by atoms with van der Waals surface area (Å²) in [6, 6.07) is 3.53. The number of hydrogen-bond acceptors (Lipinski definition) is 3. The lowest BCUT2D eigenvalue weighted by Gasteiger charge is -2.06. The van der Waals surface area contributed by atoms with Crippen LogP contribution in [0.1, 0.15) is 0 Å². The molecule has 15 heavy (non-hydrogen) atoms. The van der Waals surface area contributed by atoms with Crippen molar-refractivity contribution in [3.63, 3.8) is 0 Å². The first kappa shape index (κ1) is 11.5. The molecule has 0 unspecified atom stereocenters. The monoisotopic (exact) mass is 227 g/mol. The highest BCUT2D eigenvalue weighted by Gasteiger charge is 2.10. The summed E-state index contributed by atoms with van der Waals surface area (Å²) in [6.07, 6.45) is 6.06. The number of halogens is 1. The summed E-state index contributed by atoms with van der Waals surface area (Å²) < 4.78 is 35.5. The van der Waals surface area contributed by atoms with Crippen LogP contribution in [0.3, 0.4) is 0 Å². The molecule has 0 atom stereocenters. The van der Waals surface area contributed by atoms with Crippen LogP contribution in [0.15, 0.2) is 23.1 Å². The highest BCUT2D eigenvalue weighted by molar-refractivity contribution is 7.90. The Bertz CT molecular complexity index is 503. The molecule has 80 valence electrons. The van der Waals surface area contributed by atoms with Crippen molar-refractivity contribution in [2.45, 2.75) is 4.90 Å². The van der Waals surface area contributed by atoms with E-state index in [0.717, 1.165) is 12.3 Å². The number of hydrogen-bond donors (Lipinski definition) is 1. The Morgan fingerprint density at radius 1 is 1.53 bits per heavy atom. The molecule has 0 spiro atoms. The molecule has 1 N–H and O–H groups in total. The average molecular weight is 227 g/mol. The van der Waals surface area contributed by atoms with E-state index in [1.807, 2.05) is 0 Å². The lowest BCUT2D eigenvalue weighted by molar-refractivity contribution is 0.600. The fourth-order valence-corrected chi connectivity index (χ4v) is 1.66. The third kappa shape index (κ3) is 2.96. The van der Waals surface area contributed by atoms with E-state index in [0.29, 0.717) is 0 Å². The van der Waals surface area contributed by atoms with E-state index in [9.17, 15) is 12.8 Å². The molecule has 0 aromatic heterocycles. The van der Waals surface area contributed by atoms with Crippen LogP contribution in [0, 0.1) is 18.2 Å². The maximum Gasteiger partial charge on any atom is 0.175 e. The molecule has 0 fully saturated rings. The Labute approximate surface area is 88.2 Å². The quantitative estimate of drug-likeness (QED) is 0.625. The van der Waals surface area contributed by atoms with Gasteiger partial charge in [0, 0.05) is 6.26 Å². The van der Waals surface area contributed by atoms with Crippen molar-refractivity contribution in [1.82, 2.24) is 0 Å². The van der Waals surface area contributed by atoms with Gasteiger partial charge in [-0.2, -0.15) is 0 Å². The normalized spacial score (nSPS) is 10.7. The Morgan fingerprint density at radius 2 is 2.20 bits per heavy atom. The summed E-state index contributed by atoms with van der Waals surface area (Å²) in [7, 11) is -3.33. The van der Waals surface area contributed by atoms with Gasteiger partial charge in [-0.3, -0.25) is 0 Å². The van der Waals surface area contributed by atoms with E-state index >= 15 is 0 Å². The number of benzene rings is 1. The van der Waals surface area contributed by atoms with Crippen molar-refractivity contribution in [2.75, 3.05) is 18.1 Å². The standard InChI is InChI=1S/C10H10FNO2S/c1-3-6-12-10-7-8(15(2,13)14)4-5-9(10)11/h1,4-5,7,12H,6H2,2H3. The zero-order chi connectivity index (χ0) is 11.5. The first-order chi connectivity index (χ1) is 6.95. The Balaban J connectivity index is 3.12. The molecule has 0 aliphatic rings. The molecule has 0 saturated heterocycles. The zero-order valence-corrected chi connectivity index (χ0v) is 8.94. The van der Waals surface area contributed by atoms with Crippen LogP contribution >= 0.6 is 0 Å². The highest BCUT2D eigenvalue weighted by Crippen LogP contribution is 2.19. The molecule has 0 radical (unpaired) electrons. The summed E-state index contributed by atoms with van der Waals surface area (Å²) >= 11 is 0. The van der Waals surface area contributed by atoms with Crippen molar-refractivity contribution in [3.05, 3.63) is 24.0 Å². The van der Waals surface area contributed by atoms with Gasteiger partial charge in [0.1, 0.15) is 5.82 Å². The molecule has 5 heteroatoms. The van der Waals surface area contributed by atoms with Crippen molar-refractivity contribution in [3.8, 4) is 12.3 Å². The van der Waals surface area contributed by atoms with E-state index in [1.54, 1.807) is 0 Å². The van der Waals surface area contributed by atoms with Crippen LogP contribution in [0.5, 0.6) is 0 Å². The predicted octanol–water partition coefficient (Wildman–Crippen LogP) is 1.27. The second kappa shape index (κ2) is 4.32.